The van der Waals surface area contributed by atoms with Crippen molar-refractivity contribution in [2.24, 2.45) is 0 Å². The Balaban J connectivity index is 2.04. The van der Waals surface area contributed by atoms with Gasteiger partial charge in [0.1, 0.15) is 5.75 Å². The van der Waals surface area contributed by atoms with Crippen molar-refractivity contribution < 1.29 is 4.74 Å². The molecule has 1 aliphatic heterocycles. The van der Waals surface area contributed by atoms with E-state index in [0.717, 1.165) is 25.3 Å². The van der Waals surface area contributed by atoms with Crippen LogP contribution in [0.25, 0.3) is 0 Å². The Kier molecular flexibility index (Phi) is 3.95. The van der Waals surface area contributed by atoms with Crippen molar-refractivity contribution >= 4 is 11.6 Å². The van der Waals surface area contributed by atoms with Gasteiger partial charge in [-0.2, -0.15) is 0 Å². The van der Waals surface area contributed by atoms with Crippen molar-refractivity contribution in [2.75, 3.05) is 19.0 Å². The van der Waals surface area contributed by atoms with Gasteiger partial charge in [0.2, 0.25) is 0 Å². The van der Waals surface area contributed by atoms with E-state index in [1.54, 1.807) is 0 Å². The molecule has 0 aromatic heterocycles. The second kappa shape index (κ2) is 5.28. The molecule has 1 aromatic rings. The highest BCUT2D eigenvalue weighted by molar-refractivity contribution is 6.18. The van der Waals surface area contributed by atoms with Gasteiger partial charge in [-0.3, -0.25) is 0 Å². The molecule has 17 heavy (non-hydrogen) atoms. The van der Waals surface area contributed by atoms with E-state index in [4.69, 9.17) is 16.3 Å². The Morgan fingerprint density at radius 1 is 1.41 bits per heavy atom. The Hall–Kier alpha value is -0.730. The third-order valence-corrected chi connectivity index (χ3v) is 3.91. The molecule has 1 unspecified atom stereocenters. The molecule has 0 fully saturated rings. The minimum Gasteiger partial charge on any atom is -0.493 e. The minimum absolute atomic E-state index is 0.00516. The molecule has 2 rings (SSSR count). The van der Waals surface area contributed by atoms with E-state index in [-0.39, 0.29) is 5.54 Å². The number of hydrogen-bond acceptors (Lipinski definition) is 2. The minimum atomic E-state index is -0.00516. The van der Waals surface area contributed by atoms with Crippen LogP contribution in [-0.4, -0.2) is 24.6 Å². The summed E-state index contributed by atoms with van der Waals surface area (Å²) in [5, 5.41) is 3.53. The van der Waals surface area contributed by atoms with E-state index in [1.165, 1.54) is 5.56 Å². The van der Waals surface area contributed by atoms with Crippen LogP contribution in [0, 0.1) is 0 Å². The maximum Gasteiger partial charge on any atom is 0.122 e. The van der Waals surface area contributed by atoms with Crippen LogP contribution in [0.2, 0.25) is 0 Å². The predicted octanol–water partition coefficient (Wildman–Crippen LogP) is 3.16. The third kappa shape index (κ3) is 3.14. The van der Waals surface area contributed by atoms with Gasteiger partial charge in [0, 0.05) is 23.9 Å². The van der Waals surface area contributed by atoms with Crippen molar-refractivity contribution in [3.05, 3.63) is 29.8 Å². The fourth-order valence-corrected chi connectivity index (χ4v) is 2.17. The number of hydrogen-bond donors (Lipinski definition) is 1. The first-order valence-corrected chi connectivity index (χ1v) is 6.68. The lowest BCUT2D eigenvalue weighted by atomic mass is 9.92. The number of fused-ring (bicyclic) bond motifs is 1. The van der Waals surface area contributed by atoms with Crippen molar-refractivity contribution in [1.82, 2.24) is 5.32 Å². The Morgan fingerprint density at radius 2 is 2.18 bits per heavy atom. The Bertz CT molecular complexity index is 378. The standard InChI is InChI=1S/C14H20ClNO/c1-14(2,10-15)16-9-11-7-8-17-13-6-4-3-5-12(11)13/h3-6,11,16H,7-10H2,1-2H3. The normalized spacial score (nSPS) is 19.6. The number of ether oxygens (including phenoxy) is 1. The summed E-state index contributed by atoms with van der Waals surface area (Å²) >= 11 is 5.92. The average molecular weight is 254 g/mol. The summed E-state index contributed by atoms with van der Waals surface area (Å²) in [5.74, 6) is 2.19. The number of benzene rings is 1. The summed E-state index contributed by atoms with van der Waals surface area (Å²) in [6, 6.07) is 8.31. The summed E-state index contributed by atoms with van der Waals surface area (Å²) < 4.78 is 5.66. The molecule has 0 amide bonds. The number of alkyl halides is 1. The van der Waals surface area contributed by atoms with Crippen LogP contribution in [0.15, 0.2) is 24.3 Å². The highest BCUT2D eigenvalue weighted by Gasteiger charge is 2.23. The molecule has 1 N–H and O–H groups in total. The fraction of sp³-hybridized carbons (Fsp3) is 0.571. The lowest BCUT2D eigenvalue weighted by Gasteiger charge is -2.30. The zero-order valence-electron chi connectivity index (χ0n) is 10.5. The van der Waals surface area contributed by atoms with Crippen molar-refractivity contribution in [1.29, 1.82) is 0 Å². The van der Waals surface area contributed by atoms with Crippen LogP contribution < -0.4 is 10.1 Å². The van der Waals surface area contributed by atoms with E-state index < -0.39 is 0 Å². The van der Waals surface area contributed by atoms with Gasteiger partial charge in [-0.1, -0.05) is 18.2 Å². The molecule has 2 nitrogen and oxygen atoms in total. The van der Waals surface area contributed by atoms with E-state index in [0.29, 0.717) is 11.8 Å². The van der Waals surface area contributed by atoms with Crippen molar-refractivity contribution in [2.45, 2.75) is 31.7 Å². The summed E-state index contributed by atoms with van der Waals surface area (Å²) in [6.45, 7) is 6.03. The number of nitrogens with one attached hydrogen (secondary N) is 1. The average Bonchev–Trinajstić information content (AvgIpc) is 2.36. The smallest absolute Gasteiger partial charge is 0.122 e. The lowest BCUT2D eigenvalue weighted by Crippen LogP contribution is -2.43. The van der Waals surface area contributed by atoms with Gasteiger partial charge in [0.05, 0.1) is 6.61 Å². The third-order valence-electron chi connectivity index (χ3n) is 3.24. The van der Waals surface area contributed by atoms with E-state index in [1.807, 2.05) is 12.1 Å². The SMILES string of the molecule is CC(C)(CCl)NCC1CCOc2ccccc21. The fourth-order valence-electron chi connectivity index (χ4n) is 2.07. The van der Waals surface area contributed by atoms with Crippen LogP contribution in [0.4, 0.5) is 0 Å². The van der Waals surface area contributed by atoms with Crippen LogP contribution >= 0.6 is 11.6 Å². The van der Waals surface area contributed by atoms with E-state index >= 15 is 0 Å². The van der Waals surface area contributed by atoms with Gasteiger partial charge < -0.3 is 10.1 Å². The second-order valence-electron chi connectivity index (χ2n) is 5.27. The van der Waals surface area contributed by atoms with Crippen molar-refractivity contribution in [3.8, 4) is 5.75 Å². The quantitative estimate of drug-likeness (QED) is 0.833. The van der Waals surface area contributed by atoms with E-state index in [9.17, 15) is 0 Å². The molecule has 0 saturated heterocycles. The largest absolute Gasteiger partial charge is 0.493 e. The maximum atomic E-state index is 5.92. The molecule has 0 spiro atoms. The highest BCUT2D eigenvalue weighted by atomic mass is 35.5. The molecule has 1 aliphatic rings. The summed E-state index contributed by atoms with van der Waals surface area (Å²) in [5.41, 5.74) is 1.31. The lowest BCUT2D eigenvalue weighted by molar-refractivity contribution is 0.258. The van der Waals surface area contributed by atoms with Crippen LogP contribution in [0.5, 0.6) is 5.75 Å². The molecule has 1 heterocycles. The van der Waals surface area contributed by atoms with Gasteiger partial charge in [0.15, 0.2) is 0 Å². The molecule has 0 radical (unpaired) electrons. The monoisotopic (exact) mass is 253 g/mol. The van der Waals surface area contributed by atoms with E-state index in [2.05, 4.69) is 31.3 Å². The Morgan fingerprint density at radius 3 is 2.94 bits per heavy atom. The molecule has 1 aromatic carbocycles. The van der Waals surface area contributed by atoms with Gasteiger partial charge in [0.25, 0.3) is 0 Å². The van der Waals surface area contributed by atoms with Gasteiger partial charge >= 0.3 is 0 Å². The zero-order valence-corrected chi connectivity index (χ0v) is 11.3. The first-order valence-electron chi connectivity index (χ1n) is 6.15. The summed E-state index contributed by atoms with van der Waals surface area (Å²) in [7, 11) is 0. The molecular formula is C14H20ClNO. The molecule has 1 atom stereocenters. The zero-order chi connectivity index (χ0) is 12.3. The van der Waals surface area contributed by atoms with Gasteiger partial charge in [-0.15, -0.1) is 11.6 Å². The van der Waals surface area contributed by atoms with Crippen LogP contribution in [0.3, 0.4) is 0 Å². The summed E-state index contributed by atoms with van der Waals surface area (Å²) in [4.78, 5) is 0. The highest BCUT2D eigenvalue weighted by Crippen LogP contribution is 2.33. The number of para-hydroxylation sites is 1. The molecule has 94 valence electrons. The van der Waals surface area contributed by atoms with Gasteiger partial charge in [-0.25, -0.2) is 0 Å². The summed E-state index contributed by atoms with van der Waals surface area (Å²) in [6.07, 6.45) is 1.07. The predicted molar refractivity (Wildman–Crippen MR) is 72.1 cm³/mol. The van der Waals surface area contributed by atoms with Crippen molar-refractivity contribution in [3.63, 3.8) is 0 Å². The molecule has 0 bridgehead atoms. The first kappa shape index (κ1) is 12.7. The molecular weight excluding hydrogens is 234 g/mol. The number of rotatable bonds is 4. The molecule has 0 aliphatic carbocycles. The maximum absolute atomic E-state index is 5.92. The Labute approximate surface area is 108 Å². The first-order chi connectivity index (χ1) is 8.12. The topological polar surface area (TPSA) is 21.3 Å². The number of halogens is 1. The molecule has 3 heteroatoms. The molecule has 0 saturated carbocycles. The van der Waals surface area contributed by atoms with Gasteiger partial charge in [-0.05, 0) is 31.9 Å². The van der Waals surface area contributed by atoms with Crippen LogP contribution in [-0.2, 0) is 0 Å². The van der Waals surface area contributed by atoms with Crippen LogP contribution in [0.1, 0.15) is 31.7 Å². The second-order valence-corrected chi connectivity index (χ2v) is 5.54.